The Bertz CT molecular complexity index is 3600. The van der Waals surface area contributed by atoms with Gasteiger partial charge in [-0.3, -0.25) is 0 Å². The third kappa shape index (κ3) is 10.3. The van der Waals surface area contributed by atoms with Crippen LogP contribution in [0.25, 0.3) is 27.6 Å². The number of aromatic nitrogens is 2. The van der Waals surface area contributed by atoms with Gasteiger partial charge in [-0.2, -0.15) is 6.07 Å². The summed E-state index contributed by atoms with van der Waals surface area (Å²) in [7, 11) is 0. The van der Waals surface area contributed by atoms with Crippen molar-refractivity contribution in [2.75, 3.05) is 9.80 Å². The number of anilines is 4. The molecule has 1 aliphatic rings. The molecule has 7 aromatic carbocycles. The normalized spacial score (nSPS) is 13.6. The summed E-state index contributed by atoms with van der Waals surface area (Å²) in [6.45, 7) is 38.9. The number of hydrogen-bond donors (Lipinski definition) is 0. The molecule has 1 aliphatic heterocycles. The van der Waals surface area contributed by atoms with Crippen LogP contribution in [0.3, 0.4) is 0 Å². The average Bonchev–Trinajstić information content (AvgIpc) is 3.96. The van der Waals surface area contributed by atoms with E-state index in [1.165, 1.54) is 44.3 Å². The number of pyridine rings is 1. The molecule has 0 N–H and O–H groups in total. The van der Waals surface area contributed by atoms with Gasteiger partial charge in [-0.05, 0) is 108 Å². The Morgan fingerprint density at radius 2 is 0.987 bits per heavy atom. The van der Waals surface area contributed by atoms with Crippen molar-refractivity contribution < 1.29 is 25.8 Å². The van der Waals surface area contributed by atoms with Gasteiger partial charge in [0, 0.05) is 72.2 Å². The molecule has 0 radical (unpaired) electrons. The van der Waals surface area contributed by atoms with Gasteiger partial charge >= 0.3 is 0 Å². The first-order valence-electron chi connectivity index (χ1n) is 26.8. The molecular formula is C70H75N4OPt-3. The molecule has 0 aliphatic carbocycles. The van der Waals surface area contributed by atoms with Gasteiger partial charge in [0.15, 0.2) is 0 Å². The molecule has 0 atom stereocenters. The Morgan fingerprint density at radius 1 is 0.421 bits per heavy atom. The van der Waals surface area contributed by atoms with Gasteiger partial charge in [0.1, 0.15) is 5.82 Å². The fourth-order valence-corrected chi connectivity index (χ4v) is 10.5. The first-order valence-corrected chi connectivity index (χ1v) is 26.8. The van der Waals surface area contributed by atoms with E-state index in [1.54, 1.807) is 0 Å². The number of rotatable bonds is 9. The van der Waals surface area contributed by atoms with Crippen LogP contribution in [0, 0.1) is 18.8 Å². The second-order valence-corrected chi connectivity index (χ2v) is 26.1. The molecule has 6 heteroatoms. The maximum atomic E-state index is 7.03. The molecule has 0 fully saturated rings. The zero-order chi connectivity index (χ0) is 53.6. The van der Waals surface area contributed by atoms with Crippen molar-refractivity contribution in [3.05, 3.63) is 221 Å². The number of hydrogen-bond acceptors (Lipinski definition) is 4. The molecule has 76 heavy (non-hydrogen) atoms. The largest absolute Gasteiger partial charge is 0.509 e. The van der Waals surface area contributed by atoms with Gasteiger partial charge in [-0.25, -0.2) is 4.98 Å². The van der Waals surface area contributed by atoms with E-state index in [2.05, 4.69) is 296 Å². The van der Waals surface area contributed by atoms with E-state index >= 15 is 0 Å². The number of nitrogens with zero attached hydrogens (tertiary/aromatic N) is 4. The Balaban J connectivity index is 0.00000706. The molecule has 394 valence electrons. The topological polar surface area (TPSA) is 33.5 Å². The smallest absolute Gasteiger partial charge is 0.135 e. The van der Waals surface area contributed by atoms with Crippen LogP contribution in [-0.2, 0) is 53.6 Å². The molecule has 2 aromatic heterocycles. The molecule has 0 unspecified atom stereocenters. The van der Waals surface area contributed by atoms with Crippen LogP contribution < -0.4 is 14.5 Å². The first kappa shape index (κ1) is 54.4. The SMILES string of the molecule is CC(C)(C)c1cc(Oc2[c-]c3c(cc2)c2cc(C(C)(C)C)ccc2n3-c2cc(C(C)(C)C)ccn2)[c-]c(N2[CH-]N(c3cc(C(C)(C)C)cc(C(C)(C)c4ccccc4)c3)c3cc(C(C)(C)c4ccccc4)ccc32)c1.[Pt]. The van der Waals surface area contributed by atoms with E-state index in [1.807, 2.05) is 6.20 Å². The summed E-state index contributed by atoms with van der Waals surface area (Å²) < 4.78 is 9.28. The van der Waals surface area contributed by atoms with E-state index in [-0.39, 0.29) is 53.6 Å². The maximum Gasteiger partial charge on any atom is 0.135 e. The van der Waals surface area contributed by atoms with Crippen LogP contribution in [-0.4, -0.2) is 9.55 Å². The standard InChI is InChI=1S/C70H75N4O.Pt/c1-65(2,3)48-27-31-60-59(40-48)58-30-29-56(44-62(58)74(60)64-42-49(33-34-71-64)66(4,5)6)75-57-39-52(68(10,11)12)37-55(43-57)72-45-73(63-41-50(28-32-61(63)72)69(13,14)46-23-19-17-20-24-46)54-36-51(67(7,8)9)35-53(38-54)70(15,16)47-25-21-18-22-26-47;/h17-42,45H,1-16H3;/q-3;. The summed E-state index contributed by atoms with van der Waals surface area (Å²) >= 11 is 0. The second kappa shape index (κ2) is 19.5. The Labute approximate surface area is 468 Å². The third-order valence-electron chi connectivity index (χ3n) is 15.8. The van der Waals surface area contributed by atoms with E-state index < -0.39 is 0 Å². The first-order chi connectivity index (χ1) is 35.2. The molecule has 0 saturated heterocycles. The molecule has 0 bridgehead atoms. The van der Waals surface area contributed by atoms with Gasteiger partial charge in [-0.15, -0.1) is 53.6 Å². The van der Waals surface area contributed by atoms with Crippen LogP contribution in [0.5, 0.6) is 11.5 Å². The van der Waals surface area contributed by atoms with Gasteiger partial charge in [-0.1, -0.05) is 201 Å². The maximum absolute atomic E-state index is 7.03. The number of ether oxygens (including phenoxy) is 1. The van der Waals surface area contributed by atoms with Crippen LogP contribution in [0.2, 0.25) is 0 Å². The van der Waals surface area contributed by atoms with Crippen molar-refractivity contribution in [3.8, 4) is 17.3 Å². The zero-order valence-corrected chi connectivity index (χ0v) is 49.9. The molecule has 0 spiro atoms. The average molecular weight is 1180 g/mol. The Hall–Kier alpha value is -6.42. The summed E-state index contributed by atoms with van der Waals surface area (Å²) in [5.41, 5.74) is 15.2. The van der Waals surface area contributed by atoms with Crippen molar-refractivity contribution in [2.45, 2.75) is 143 Å². The second-order valence-electron chi connectivity index (χ2n) is 26.1. The third-order valence-corrected chi connectivity index (χ3v) is 15.8. The molecule has 10 rings (SSSR count). The van der Waals surface area contributed by atoms with Crippen molar-refractivity contribution in [1.82, 2.24) is 9.55 Å². The van der Waals surface area contributed by atoms with Crippen molar-refractivity contribution in [1.29, 1.82) is 0 Å². The summed E-state index contributed by atoms with van der Waals surface area (Å²) in [4.78, 5) is 9.68. The predicted octanol–water partition coefficient (Wildman–Crippen LogP) is 18.8. The minimum Gasteiger partial charge on any atom is -0.509 e. The van der Waals surface area contributed by atoms with Gasteiger partial charge in [0.25, 0.3) is 0 Å². The summed E-state index contributed by atoms with van der Waals surface area (Å²) in [6.07, 6.45) is 1.93. The van der Waals surface area contributed by atoms with E-state index in [4.69, 9.17) is 9.72 Å². The minimum absolute atomic E-state index is 0. The number of fused-ring (bicyclic) bond motifs is 4. The summed E-state index contributed by atoms with van der Waals surface area (Å²) in [5.74, 6) is 2.08. The fraction of sp³-hybridized carbons (Fsp3) is 0.314. The predicted molar refractivity (Wildman–Crippen MR) is 316 cm³/mol. The molecular weight excluding hydrogens is 1110 g/mol. The monoisotopic (exact) mass is 1180 g/mol. The Morgan fingerprint density at radius 3 is 1.61 bits per heavy atom. The Kier molecular flexibility index (Phi) is 14.0. The summed E-state index contributed by atoms with van der Waals surface area (Å²) in [5, 5.41) is 2.27. The van der Waals surface area contributed by atoms with Crippen LogP contribution in [0.15, 0.2) is 158 Å². The molecule has 3 heterocycles. The van der Waals surface area contributed by atoms with E-state index in [9.17, 15) is 0 Å². The van der Waals surface area contributed by atoms with Crippen molar-refractivity contribution in [3.63, 3.8) is 0 Å². The van der Waals surface area contributed by atoms with Gasteiger partial charge in [0.05, 0.1) is 0 Å². The molecule has 0 amide bonds. The quantitative estimate of drug-likeness (QED) is 0.135. The van der Waals surface area contributed by atoms with Crippen molar-refractivity contribution in [2.24, 2.45) is 0 Å². The van der Waals surface area contributed by atoms with E-state index in [0.29, 0.717) is 11.5 Å². The van der Waals surface area contributed by atoms with Crippen LogP contribution >= 0.6 is 0 Å². The van der Waals surface area contributed by atoms with Gasteiger partial charge < -0.3 is 19.1 Å². The van der Waals surface area contributed by atoms with Gasteiger partial charge in [0.2, 0.25) is 0 Å². The molecule has 5 nitrogen and oxygen atoms in total. The minimum atomic E-state index is -0.258. The fourth-order valence-electron chi connectivity index (χ4n) is 10.5. The molecule has 9 aromatic rings. The number of benzene rings is 7. The van der Waals surface area contributed by atoms with Crippen LogP contribution in [0.1, 0.15) is 155 Å². The van der Waals surface area contributed by atoms with Crippen LogP contribution in [0.4, 0.5) is 22.7 Å². The van der Waals surface area contributed by atoms with Crippen molar-refractivity contribution >= 4 is 44.6 Å². The van der Waals surface area contributed by atoms with E-state index in [0.717, 1.165) is 50.6 Å². The molecule has 0 saturated carbocycles. The zero-order valence-electron chi connectivity index (χ0n) is 47.6. The summed E-state index contributed by atoms with van der Waals surface area (Å²) in [6, 6.07) is 63.3.